The van der Waals surface area contributed by atoms with E-state index in [0.717, 1.165) is 5.56 Å². The van der Waals surface area contributed by atoms with Gasteiger partial charge in [-0.2, -0.15) is 0 Å². The summed E-state index contributed by atoms with van der Waals surface area (Å²) in [6.07, 6.45) is 0.471. The Hall–Kier alpha value is -1.06. The fraction of sp³-hybridized carbons (Fsp3) is 0.222. The van der Waals surface area contributed by atoms with Gasteiger partial charge in [0.25, 0.3) is 0 Å². The molecule has 0 aliphatic heterocycles. The molecule has 0 spiro atoms. The number of benzene rings is 1. The standard InChI is InChI=1S/C9H11NO2.ClH/c10-9(12)8-4-2-1-3-7(8)5-6-11;/h1-4,11H,5-6H2,(H2,10,12);1H. The summed E-state index contributed by atoms with van der Waals surface area (Å²) < 4.78 is 0. The van der Waals surface area contributed by atoms with Gasteiger partial charge in [-0.1, -0.05) is 18.2 Å². The van der Waals surface area contributed by atoms with Crippen LogP contribution >= 0.6 is 12.4 Å². The van der Waals surface area contributed by atoms with E-state index in [4.69, 9.17) is 10.8 Å². The molecule has 0 aliphatic rings. The van der Waals surface area contributed by atoms with E-state index in [2.05, 4.69) is 0 Å². The number of carbonyl (C=O) groups is 1. The lowest BCUT2D eigenvalue weighted by molar-refractivity contribution is 0.0999. The SMILES string of the molecule is Cl.NC(=O)c1ccccc1CCO. The third-order valence-corrected chi connectivity index (χ3v) is 1.66. The largest absolute Gasteiger partial charge is 0.396 e. The van der Waals surface area contributed by atoms with Crippen LogP contribution < -0.4 is 5.73 Å². The van der Waals surface area contributed by atoms with E-state index in [1.807, 2.05) is 6.07 Å². The Morgan fingerprint density at radius 1 is 1.38 bits per heavy atom. The van der Waals surface area contributed by atoms with Crippen LogP contribution in [0.4, 0.5) is 0 Å². The summed E-state index contributed by atoms with van der Waals surface area (Å²) in [4.78, 5) is 10.8. The molecule has 0 atom stereocenters. The average molecular weight is 202 g/mol. The highest BCUT2D eigenvalue weighted by atomic mass is 35.5. The number of hydrogen-bond donors (Lipinski definition) is 2. The van der Waals surface area contributed by atoms with Gasteiger partial charge < -0.3 is 10.8 Å². The van der Waals surface area contributed by atoms with Crippen molar-refractivity contribution in [2.75, 3.05) is 6.61 Å². The summed E-state index contributed by atoms with van der Waals surface area (Å²) in [5, 5.41) is 8.67. The maximum atomic E-state index is 10.8. The number of hydrogen-bond acceptors (Lipinski definition) is 2. The molecule has 1 aromatic carbocycles. The van der Waals surface area contributed by atoms with Crippen LogP contribution in [-0.4, -0.2) is 17.6 Å². The second-order valence-corrected chi connectivity index (χ2v) is 2.50. The zero-order valence-corrected chi connectivity index (χ0v) is 7.88. The minimum absolute atomic E-state index is 0. The van der Waals surface area contributed by atoms with Crippen LogP contribution in [0.1, 0.15) is 15.9 Å². The number of aliphatic hydroxyl groups excluding tert-OH is 1. The molecule has 0 bridgehead atoms. The molecule has 0 saturated carbocycles. The summed E-state index contributed by atoms with van der Waals surface area (Å²) >= 11 is 0. The van der Waals surface area contributed by atoms with Crippen LogP contribution in [0, 0.1) is 0 Å². The summed E-state index contributed by atoms with van der Waals surface area (Å²) in [5.41, 5.74) is 6.42. The van der Waals surface area contributed by atoms with E-state index in [1.165, 1.54) is 0 Å². The molecule has 0 heterocycles. The zero-order valence-electron chi connectivity index (χ0n) is 7.06. The lowest BCUT2D eigenvalue weighted by atomic mass is 10.0. The normalized spacial score (nSPS) is 9.00. The first-order valence-corrected chi connectivity index (χ1v) is 3.74. The van der Waals surface area contributed by atoms with Crippen molar-refractivity contribution >= 4 is 18.3 Å². The Balaban J connectivity index is 0.00000144. The minimum atomic E-state index is -0.445. The first-order chi connectivity index (χ1) is 5.75. The fourth-order valence-corrected chi connectivity index (χ4v) is 1.10. The molecule has 3 nitrogen and oxygen atoms in total. The summed E-state index contributed by atoms with van der Waals surface area (Å²) in [5.74, 6) is -0.445. The summed E-state index contributed by atoms with van der Waals surface area (Å²) in [6, 6.07) is 7.02. The van der Waals surface area contributed by atoms with E-state index in [1.54, 1.807) is 18.2 Å². The highest BCUT2D eigenvalue weighted by molar-refractivity contribution is 5.94. The molecule has 0 radical (unpaired) electrons. The molecule has 0 aromatic heterocycles. The molecular formula is C9H12ClNO2. The highest BCUT2D eigenvalue weighted by Crippen LogP contribution is 2.07. The lowest BCUT2D eigenvalue weighted by Gasteiger charge is -2.03. The van der Waals surface area contributed by atoms with Crippen molar-refractivity contribution < 1.29 is 9.90 Å². The van der Waals surface area contributed by atoms with Crippen LogP contribution in [0.5, 0.6) is 0 Å². The van der Waals surface area contributed by atoms with Gasteiger partial charge in [-0.25, -0.2) is 0 Å². The third kappa shape index (κ3) is 3.05. The second-order valence-electron chi connectivity index (χ2n) is 2.50. The van der Waals surface area contributed by atoms with E-state index in [9.17, 15) is 4.79 Å². The summed E-state index contributed by atoms with van der Waals surface area (Å²) in [6.45, 7) is 0.0320. The molecule has 3 N–H and O–H groups in total. The molecule has 13 heavy (non-hydrogen) atoms. The van der Waals surface area contributed by atoms with Gasteiger partial charge in [-0.15, -0.1) is 12.4 Å². The van der Waals surface area contributed by atoms with Gasteiger partial charge in [0.2, 0.25) is 5.91 Å². The van der Waals surface area contributed by atoms with Crippen molar-refractivity contribution in [3.05, 3.63) is 35.4 Å². The Bertz CT molecular complexity index is 289. The number of amides is 1. The van der Waals surface area contributed by atoms with Crippen molar-refractivity contribution in [3.8, 4) is 0 Å². The third-order valence-electron chi connectivity index (χ3n) is 1.66. The van der Waals surface area contributed by atoms with Gasteiger partial charge in [0.05, 0.1) is 0 Å². The van der Waals surface area contributed by atoms with Crippen molar-refractivity contribution in [1.82, 2.24) is 0 Å². The minimum Gasteiger partial charge on any atom is -0.396 e. The van der Waals surface area contributed by atoms with Gasteiger partial charge >= 0.3 is 0 Å². The maximum Gasteiger partial charge on any atom is 0.248 e. The smallest absolute Gasteiger partial charge is 0.248 e. The van der Waals surface area contributed by atoms with E-state index in [0.29, 0.717) is 12.0 Å². The topological polar surface area (TPSA) is 63.3 Å². The van der Waals surface area contributed by atoms with Crippen molar-refractivity contribution in [1.29, 1.82) is 0 Å². The van der Waals surface area contributed by atoms with E-state index in [-0.39, 0.29) is 19.0 Å². The number of rotatable bonds is 3. The molecule has 1 aromatic rings. The molecule has 0 aliphatic carbocycles. The second kappa shape index (κ2) is 5.56. The highest BCUT2D eigenvalue weighted by Gasteiger charge is 2.05. The molecule has 1 amide bonds. The van der Waals surface area contributed by atoms with Gasteiger partial charge in [0.1, 0.15) is 0 Å². The van der Waals surface area contributed by atoms with E-state index >= 15 is 0 Å². The molecule has 0 saturated heterocycles. The fourth-order valence-electron chi connectivity index (χ4n) is 1.10. The average Bonchev–Trinajstić information content (AvgIpc) is 2.05. The van der Waals surface area contributed by atoms with Crippen LogP contribution in [-0.2, 0) is 6.42 Å². The summed E-state index contributed by atoms with van der Waals surface area (Å²) in [7, 11) is 0. The quantitative estimate of drug-likeness (QED) is 0.758. The Kier molecular flexibility index (Phi) is 5.11. The first kappa shape index (κ1) is 11.9. The van der Waals surface area contributed by atoms with Gasteiger partial charge in [-0.3, -0.25) is 4.79 Å². The molecule has 72 valence electrons. The number of nitrogens with two attached hydrogens (primary N) is 1. The zero-order chi connectivity index (χ0) is 8.97. The Morgan fingerprint density at radius 3 is 2.54 bits per heavy atom. The monoisotopic (exact) mass is 201 g/mol. The molecule has 4 heteroatoms. The first-order valence-electron chi connectivity index (χ1n) is 3.74. The molecule has 1 rings (SSSR count). The van der Waals surface area contributed by atoms with Crippen LogP contribution in [0.2, 0.25) is 0 Å². The lowest BCUT2D eigenvalue weighted by Crippen LogP contribution is -2.14. The van der Waals surface area contributed by atoms with Gasteiger partial charge in [0.15, 0.2) is 0 Å². The van der Waals surface area contributed by atoms with Crippen LogP contribution in [0.3, 0.4) is 0 Å². The molecule has 0 fully saturated rings. The maximum absolute atomic E-state index is 10.8. The molecular weight excluding hydrogens is 190 g/mol. The number of aliphatic hydroxyl groups is 1. The van der Waals surface area contributed by atoms with Crippen molar-refractivity contribution in [2.24, 2.45) is 5.73 Å². The number of carbonyl (C=O) groups excluding carboxylic acids is 1. The number of primary amides is 1. The van der Waals surface area contributed by atoms with Crippen molar-refractivity contribution in [2.45, 2.75) is 6.42 Å². The number of halogens is 1. The van der Waals surface area contributed by atoms with Gasteiger partial charge in [-0.05, 0) is 18.1 Å². The van der Waals surface area contributed by atoms with Gasteiger partial charge in [0, 0.05) is 12.2 Å². The Labute approximate surface area is 83.0 Å². The molecule has 0 unspecified atom stereocenters. The van der Waals surface area contributed by atoms with E-state index < -0.39 is 5.91 Å². The van der Waals surface area contributed by atoms with Crippen molar-refractivity contribution in [3.63, 3.8) is 0 Å². The predicted octanol–water partition coefficient (Wildman–Crippen LogP) is 0.742. The van der Waals surface area contributed by atoms with Crippen LogP contribution in [0.15, 0.2) is 24.3 Å². The van der Waals surface area contributed by atoms with Crippen LogP contribution in [0.25, 0.3) is 0 Å². The predicted molar refractivity (Wildman–Crippen MR) is 53.0 cm³/mol. The Morgan fingerprint density at radius 2 is 2.00 bits per heavy atom.